The van der Waals surface area contributed by atoms with Gasteiger partial charge < -0.3 is 5.73 Å². The van der Waals surface area contributed by atoms with Crippen LogP contribution in [-0.4, -0.2) is 4.37 Å². The first-order chi connectivity index (χ1) is 5.70. The van der Waals surface area contributed by atoms with Crippen LogP contribution in [0.5, 0.6) is 0 Å². The Kier molecular flexibility index (Phi) is 1.81. The molecule has 0 amide bonds. The van der Waals surface area contributed by atoms with Gasteiger partial charge in [-0.15, -0.1) is 0 Å². The van der Waals surface area contributed by atoms with Gasteiger partial charge in [0.2, 0.25) is 0 Å². The Morgan fingerprint density at radius 2 is 2.33 bits per heavy atom. The Labute approximate surface area is 82.7 Å². The minimum Gasteiger partial charge on any atom is -0.398 e. The molecule has 2 N–H and O–H groups in total. The zero-order valence-electron chi connectivity index (χ0n) is 6.47. The summed E-state index contributed by atoms with van der Waals surface area (Å²) >= 11 is 4.94. The van der Waals surface area contributed by atoms with Crippen molar-refractivity contribution in [3.63, 3.8) is 0 Å². The van der Waals surface area contributed by atoms with Crippen LogP contribution in [0.15, 0.2) is 16.7 Å². The van der Waals surface area contributed by atoms with Gasteiger partial charge in [0.05, 0.1) is 10.9 Å². The van der Waals surface area contributed by atoms with Crippen molar-refractivity contribution in [3.8, 4) is 0 Å². The van der Waals surface area contributed by atoms with E-state index in [0.717, 1.165) is 25.8 Å². The number of hydrogen-bond donors (Lipinski definition) is 1. The average Bonchev–Trinajstić information content (AvgIpc) is 2.48. The summed E-state index contributed by atoms with van der Waals surface area (Å²) in [4.78, 5) is 0. The number of aryl methyl sites for hydroxylation is 1. The number of hydrogen-bond acceptors (Lipinski definition) is 3. The summed E-state index contributed by atoms with van der Waals surface area (Å²) in [6.07, 6.45) is 1.81. The lowest BCUT2D eigenvalue weighted by Crippen LogP contribution is -1.89. The summed E-state index contributed by atoms with van der Waals surface area (Å²) in [5.74, 6) is 0. The second-order valence-electron chi connectivity index (χ2n) is 2.66. The van der Waals surface area contributed by atoms with Gasteiger partial charge in [0.15, 0.2) is 0 Å². The number of rotatable bonds is 0. The highest BCUT2D eigenvalue weighted by Crippen LogP contribution is 2.33. The van der Waals surface area contributed by atoms with Crippen LogP contribution in [-0.2, 0) is 0 Å². The minimum atomic E-state index is 0.835. The molecule has 2 nitrogen and oxygen atoms in total. The summed E-state index contributed by atoms with van der Waals surface area (Å²) < 4.78 is 6.29. The Morgan fingerprint density at radius 1 is 1.58 bits per heavy atom. The molecule has 12 heavy (non-hydrogen) atoms. The van der Waals surface area contributed by atoms with E-state index < -0.39 is 0 Å². The first kappa shape index (κ1) is 8.01. The topological polar surface area (TPSA) is 38.9 Å². The molecule has 0 saturated carbocycles. The van der Waals surface area contributed by atoms with E-state index >= 15 is 0 Å². The van der Waals surface area contributed by atoms with E-state index in [2.05, 4.69) is 20.3 Å². The third-order valence-corrected chi connectivity index (χ3v) is 3.57. The van der Waals surface area contributed by atoms with Gasteiger partial charge in [-0.3, -0.25) is 0 Å². The van der Waals surface area contributed by atoms with E-state index in [0.29, 0.717) is 0 Å². The lowest BCUT2D eigenvalue weighted by molar-refractivity contribution is 1.49. The summed E-state index contributed by atoms with van der Waals surface area (Å²) in [6.45, 7) is 2.00. The fourth-order valence-corrected chi connectivity index (χ4v) is 2.59. The summed E-state index contributed by atoms with van der Waals surface area (Å²) in [6, 6.07) is 2.02. The molecule has 0 unspecified atom stereocenters. The van der Waals surface area contributed by atoms with Gasteiger partial charge in [0.25, 0.3) is 0 Å². The number of anilines is 1. The van der Waals surface area contributed by atoms with Crippen LogP contribution in [0, 0.1) is 6.92 Å². The molecule has 1 aromatic carbocycles. The predicted molar refractivity (Wildman–Crippen MR) is 56.5 cm³/mol. The van der Waals surface area contributed by atoms with Gasteiger partial charge in [0, 0.05) is 15.5 Å². The van der Waals surface area contributed by atoms with Crippen molar-refractivity contribution in [2.24, 2.45) is 0 Å². The van der Waals surface area contributed by atoms with Crippen molar-refractivity contribution in [2.45, 2.75) is 6.92 Å². The fraction of sp³-hybridized carbons (Fsp3) is 0.125. The van der Waals surface area contributed by atoms with Crippen molar-refractivity contribution >= 4 is 43.2 Å². The van der Waals surface area contributed by atoms with E-state index in [1.165, 1.54) is 11.5 Å². The molecule has 0 radical (unpaired) electrons. The van der Waals surface area contributed by atoms with E-state index in [9.17, 15) is 0 Å². The SMILES string of the molecule is Cc1cc(Br)c2sncc2c1N. The maximum atomic E-state index is 5.88. The highest BCUT2D eigenvalue weighted by Gasteiger charge is 2.06. The zero-order chi connectivity index (χ0) is 8.72. The Morgan fingerprint density at radius 3 is 3.08 bits per heavy atom. The van der Waals surface area contributed by atoms with Crippen LogP contribution in [0.1, 0.15) is 5.56 Å². The van der Waals surface area contributed by atoms with Crippen molar-refractivity contribution in [1.82, 2.24) is 4.37 Å². The van der Waals surface area contributed by atoms with Crippen LogP contribution in [0.2, 0.25) is 0 Å². The number of halogens is 1. The second kappa shape index (κ2) is 2.71. The molecular weight excluding hydrogens is 236 g/mol. The lowest BCUT2D eigenvalue weighted by atomic mass is 10.1. The molecule has 62 valence electrons. The number of fused-ring (bicyclic) bond motifs is 1. The monoisotopic (exact) mass is 242 g/mol. The third kappa shape index (κ3) is 1.03. The van der Waals surface area contributed by atoms with Gasteiger partial charge >= 0.3 is 0 Å². The standard InChI is InChI=1S/C8H7BrN2S/c1-4-2-6(9)8-5(7(4)10)3-11-12-8/h2-3H,10H2,1H3. The second-order valence-corrected chi connectivity index (χ2v) is 4.31. The van der Waals surface area contributed by atoms with E-state index in [1.54, 1.807) is 0 Å². The van der Waals surface area contributed by atoms with Gasteiger partial charge in [0.1, 0.15) is 0 Å². The predicted octanol–water partition coefficient (Wildman–Crippen LogP) is 2.95. The molecule has 1 aromatic heterocycles. The van der Waals surface area contributed by atoms with E-state index in [1.807, 2.05) is 19.2 Å². The fourth-order valence-electron chi connectivity index (χ4n) is 1.15. The van der Waals surface area contributed by atoms with Crippen LogP contribution >= 0.6 is 27.5 Å². The Balaban J connectivity index is 2.97. The minimum absolute atomic E-state index is 0.835. The van der Waals surface area contributed by atoms with Gasteiger partial charge in [-0.25, -0.2) is 0 Å². The van der Waals surface area contributed by atoms with Crippen LogP contribution in [0.4, 0.5) is 5.69 Å². The molecule has 2 aromatic rings. The smallest absolute Gasteiger partial charge is 0.0712 e. The molecule has 0 fully saturated rings. The van der Waals surface area contributed by atoms with Crippen molar-refractivity contribution in [2.75, 3.05) is 5.73 Å². The van der Waals surface area contributed by atoms with Crippen molar-refractivity contribution in [1.29, 1.82) is 0 Å². The zero-order valence-corrected chi connectivity index (χ0v) is 8.87. The van der Waals surface area contributed by atoms with E-state index in [-0.39, 0.29) is 0 Å². The maximum Gasteiger partial charge on any atom is 0.0712 e. The molecule has 0 aliphatic heterocycles. The third-order valence-electron chi connectivity index (χ3n) is 1.85. The number of benzene rings is 1. The summed E-state index contributed by atoms with van der Waals surface area (Å²) in [5, 5.41) is 1.05. The van der Waals surface area contributed by atoms with Crippen molar-refractivity contribution in [3.05, 3.63) is 22.3 Å². The lowest BCUT2D eigenvalue weighted by Gasteiger charge is -2.01. The molecule has 0 bridgehead atoms. The average molecular weight is 243 g/mol. The molecule has 4 heteroatoms. The molecule has 0 atom stereocenters. The molecular formula is C8H7BrN2S. The first-order valence-electron chi connectivity index (χ1n) is 3.49. The summed E-state index contributed by atoms with van der Waals surface area (Å²) in [5.41, 5.74) is 7.80. The van der Waals surface area contributed by atoms with Crippen LogP contribution in [0.3, 0.4) is 0 Å². The molecule has 0 saturated heterocycles. The maximum absolute atomic E-state index is 5.88. The van der Waals surface area contributed by atoms with Crippen LogP contribution < -0.4 is 5.73 Å². The van der Waals surface area contributed by atoms with E-state index in [4.69, 9.17) is 5.73 Å². The number of nitrogens with two attached hydrogens (primary N) is 1. The molecule has 2 rings (SSSR count). The van der Waals surface area contributed by atoms with Crippen molar-refractivity contribution < 1.29 is 0 Å². The first-order valence-corrected chi connectivity index (χ1v) is 5.05. The highest BCUT2D eigenvalue weighted by atomic mass is 79.9. The molecule has 0 aliphatic rings. The Bertz CT molecular complexity index is 436. The number of nitrogens with zero attached hydrogens (tertiary/aromatic N) is 1. The molecule has 1 heterocycles. The Hall–Kier alpha value is -0.610. The quantitative estimate of drug-likeness (QED) is 0.722. The highest BCUT2D eigenvalue weighted by molar-refractivity contribution is 9.10. The number of aromatic nitrogens is 1. The largest absolute Gasteiger partial charge is 0.398 e. The van der Waals surface area contributed by atoms with Gasteiger partial charge in [-0.1, -0.05) is 0 Å². The normalized spacial score (nSPS) is 10.8. The van der Waals surface area contributed by atoms with Gasteiger partial charge in [-0.2, -0.15) is 4.37 Å². The number of nitrogen functional groups attached to an aromatic ring is 1. The summed E-state index contributed by atoms with van der Waals surface area (Å²) in [7, 11) is 0. The molecule has 0 spiro atoms. The van der Waals surface area contributed by atoms with Gasteiger partial charge in [-0.05, 0) is 46.0 Å². The van der Waals surface area contributed by atoms with Crippen LogP contribution in [0.25, 0.3) is 10.1 Å². The molecule has 0 aliphatic carbocycles.